The zero-order chi connectivity index (χ0) is 15.6. The molecule has 2 atom stereocenters. The van der Waals surface area contributed by atoms with Crippen molar-refractivity contribution in [2.24, 2.45) is 11.1 Å². The highest BCUT2D eigenvalue weighted by atomic mass is 16.5. The van der Waals surface area contributed by atoms with Crippen LogP contribution in [0.4, 0.5) is 0 Å². The number of carbonyl (C=O) groups excluding carboxylic acids is 2. The van der Waals surface area contributed by atoms with Gasteiger partial charge in [-0.1, -0.05) is 20.8 Å². The molecule has 0 saturated carbocycles. The predicted molar refractivity (Wildman–Crippen MR) is 79.6 cm³/mol. The highest BCUT2D eigenvalue weighted by Crippen LogP contribution is 2.25. The van der Waals surface area contributed by atoms with Gasteiger partial charge < -0.3 is 20.3 Å². The van der Waals surface area contributed by atoms with E-state index in [0.717, 1.165) is 12.8 Å². The fourth-order valence-corrected chi connectivity index (χ4v) is 2.83. The molecule has 120 valence electrons. The third kappa shape index (κ3) is 3.55. The first kappa shape index (κ1) is 16.2. The van der Waals surface area contributed by atoms with Gasteiger partial charge in [-0.3, -0.25) is 9.59 Å². The van der Waals surface area contributed by atoms with Crippen molar-refractivity contribution in [3.05, 3.63) is 0 Å². The van der Waals surface area contributed by atoms with Crippen molar-refractivity contribution < 1.29 is 14.3 Å². The van der Waals surface area contributed by atoms with Crippen LogP contribution in [0.3, 0.4) is 0 Å². The van der Waals surface area contributed by atoms with Crippen LogP contribution in [0.25, 0.3) is 0 Å². The Kier molecular flexibility index (Phi) is 4.88. The zero-order valence-electron chi connectivity index (χ0n) is 13.3. The van der Waals surface area contributed by atoms with Crippen molar-refractivity contribution in [1.82, 2.24) is 9.80 Å². The Morgan fingerprint density at radius 3 is 2.38 bits per heavy atom. The Balaban J connectivity index is 2.05. The van der Waals surface area contributed by atoms with Gasteiger partial charge in [-0.2, -0.15) is 0 Å². The minimum atomic E-state index is -0.574. The molecular formula is C15H27N3O3. The molecule has 6 nitrogen and oxygen atoms in total. The lowest BCUT2D eigenvalue weighted by Crippen LogP contribution is -2.56. The van der Waals surface area contributed by atoms with Crippen molar-refractivity contribution in [3.63, 3.8) is 0 Å². The second-order valence-electron chi connectivity index (χ2n) is 6.97. The van der Waals surface area contributed by atoms with E-state index in [2.05, 4.69) is 0 Å². The molecule has 1 unspecified atom stereocenters. The lowest BCUT2D eigenvalue weighted by atomic mass is 9.86. The normalized spacial score (nSPS) is 25.0. The Morgan fingerprint density at radius 1 is 1.19 bits per heavy atom. The number of nitrogens with zero attached hydrogens (tertiary/aromatic N) is 2. The Labute approximate surface area is 126 Å². The molecule has 2 N–H and O–H groups in total. The van der Waals surface area contributed by atoms with Gasteiger partial charge in [0.1, 0.15) is 6.04 Å². The van der Waals surface area contributed by atoms with Crippen LogP contribution in [0.2, 0.25) is 0 Å². The summed E-state index contributed by atoms with van der Waals surface area (Å²) < 4.78 is 5.28. The average molecular weight is 297 g/mol. The van der Waals surface area contributed by atoms with E-state index in [1.807, 2.05) is 25.7 Å². The van der Waals surface area contributed by atoms with Crippen LogP contribution >= 0.6 is 0 Å². The molecule has 0 aromatic heterocycles. The Bertz CT molecular complexity index is 399. The quantitative estimate of drug-likeness (QED) is 0.790. The van der Waals surface area contributed by atoms with Gasteiger partial charge in [-0.15, -0.1) is 0 Å². The first-order chi connectivity index (χ1) is 9.82. The number of rotatable bonds is 2. The monoisotopic (exact) mass is 297 g/mol. The zero-order valence-corrected chi connectivity index (χ0v) is 13.3. The summed E-state index contributed by atoms with van der Waals surface area (Å²) in [5.74, 6) is -0.0585. The molecule has 21 heavy (non-hydrogen) atoms. The van der Waals surface area contributed by atoms with Crippen molar-refractivity contribution in [1.29, 1.82) is 0 Å². The number of carbonyl (C=O) groups is 2. The van der Waals surface area contributed by atoms with Gasteiger partial charge in [-0.25, -0.2) is 0 Å². The van der Waals surface area contributed by atoms with Crippen LogP contribution in [0, 0.1) is 5.41 Å². The summed E-state index contributed by atoms with van der Waals surface area (Å²) in [5.41, 5.74) is 5.78. The van der Waals surface area contributed by atoms with E-state index in [4.69, 9.17) is 10.5 Å². The van der Waals surface area contributed by atoms with Crippen LogP contribution in [-0.4, -0.2) is 66.5 Å². The van der Waals surface area contributed by atoms with Crippen LogP contribution in [-0.2, 0) is 14.3 Å². The summed E-state index contributed by atoms with van der Waals surface area (Å²) in [6, 6.07) is -0.917. The lowest BCUT2D eigenvalue weighted by molar-refractivity contribution is -0.148. The second kappa shape index (κ2) is 6.32. The topological polar surface area (TPSA) is 75.9 Å². The molecule has 0 radical (unpaired) electrons. The number of morpholine rings is 1. The molecule has 2 heterocycles. The van der Waals surface area contributed by atoms with E-state index in [1.165, 1.54) is 0 Å². The van der Waals surface area contributed by atoms with Gasteiger partial charge in [0.25, 0.3) is 0 Å². The van der Waals surface area contributed by atoms with Crippen LogP contribution in [0.5, 0.6) is 0 Å². The molecular weight excluding hydrogens is 270 g/mol. The minimum absolute atomic E-state index is 0.0465. The fourth-order valence-electron chi connectivity index (χ4n) is 2.83. The van der Waals surface area contributed by atoms with Crippen molar-refractivity contribution in [2.45, 2.75) is 45.7 Å². The Hall–Kier alpha value is -1.14. The van der Waals surface area contributed by atoms with Crippen molar-refractivity contribution in [2.75, 3.05) is 32.8 Å². The summed E-state index contributed by atoms with van der Waals surface area (Å²) in [4.78, 5) is 28.7. The first-order valence-corrected chi connectivity index (χ1v) is 7.75. The van der Waals surface area contributed by atoms with Crippen molar-refractivity contribution in [3.8, 4) is 0 Å². The Morgan fingerprint density at radius 2 is 1.81 bits per heavy atom. The maximum Gasteiger partial charge on any atom is 0.245 e. The number of hydrogen-bond donors (Lipinski definition) is 1. The number of amides is 2. The summed E-state index contributed by atoms with van der Waals surface area (Å²) in [5, 5.41) is 0. The third-order valence-electron chi connectivity index (χ3n) is 4.34. The third-order valence-corrected chi connectivity index (χ3v) is 4.34. The molecule has 0 aromatic carbocycles. The molecule has 0 aliphatic carbocycles. The largest absolute Gasteiger partial charge is 0.378 e. The summed E-state index contributed by atoms with van der Waals surface area (Å²) in [6.45, 7) is 8.86. The minimum Gasteiger partial charge on any atom is -0.378 e. The van der Waals surface area contributed by atoms with Crippen LogP contribution < -0.4 is 5.73 Å². The molecule has 2 fully saturated rings. The number of hydrogen-bond acceptors (Lipinski definition) is 4. The number of likely N-dealkylation sites (tertiary alicyclic amines) is 1. The second-order valence-corrected chi connectivity index (χ2v) is 6.97. The lowest BCUT2D eigenvalue weighted by Gasteiger charge is -2.35. The van der Waals surface area contributed by atoms with E-state index < -0.39 is 6.04 Å². The molecule has 2 aliphatic rings. The predicted octanol–water partition coefficient (Wildman–Crippen LogP) is 0.210. The standard InChI is InChI=1S/C15H27N3O3/c1-15(2,3)12(16)14(20)18-6-4-5-11(18)13(19)17-7-9-21-10-8-17/h11-12H,4-10,16H2,1-3H3/t11?,12-/m0/s1. The molecule has 6 heteroatoms. The smallest absolute Gasteiger partial charge is 0.245 e. The van der Waals surface area contributed by atoms with Gasteiger partial charge >= 0.3 is 0 Å². The maximum absolute atomic E-state index is 12.6. The molecule has 2 saturated heterocycles. The molecule has 0 aromatic rings. The number of ether oxygens (including phenoxy) is 1. The number of nitrogens with two attached hydrogens (primary N) is 1. The fraction of sp³-hybridized carbons (Fsp3) is 0.867. The summed E-state index contributed by atoms with van der Waals surface area (Å²) in [7, 11) is 0. The molecule has 2 aliphatic heterocycles. The van der Waals surface area contributed by atoms with Crippen molar-refractivity contribution >= 4 is 11.8 Å². The van der Waals surface area contributed by atoms with E-state index >= 15 is 0 Å². The average Bonchev–Trinajstić information content (AvgIpc) is 2.94. The van der Waals surface area contributed by atoms with Crippen LogP contribution in [0.1, 0.15) is 33.6 Å². The summed E-state index contributed by atoms with van der Waals surface area (Å²) in [6.07, 6.45) is 1.60. The first-order valence-electron chi connectivity index (χ1n) is 7.75. The maximum atomic E-state index is 12.6. The highest BCUT2D eigenvalue weighted by molar-refractivity contribution is 5.90. The van der Waals surface area contributed by atoms with Gasteiger partial charge in [0.05, 0.1) is 19.3 Å². The van der Waals surface area contributed by atoms with Crippen LogP contribution in [0.15, 0.2) is 0 Å². The van der Waals surface area contributed by atoms with E-state index in [0.29, 0.717) is 32.8 Å². The highest BCUT2D eigenvalue weighted by Gasteiger charge is 2.40. The van der Waals surface area contributed by atoms with Gasteiger partial charge in [0, 0.05) is 19.6 Å². The van der Waals surface area contributed by atoms with E-state index in [1.54, 1.807) is 4.90 Å². The van der Waals surface area contributed by atoms with Gasteiger partial charge in [0.15, 0.2) is 0 Å². The van der Waals surface area contributed by atoms with Gasteiger partial charge in [0.2, 0.25) is 11.8 Å². The molecule has 0 spiro atoms. The van der Waals surface area contributed by atoms with Gasteiger partial charge in [-0.05, 0) is 18.3 Å². The van der Waals surface area contributed by atoms with E-state index in [9.17, 15) is 9.59 Å². The van der Waals surface area contributed by atoms with E-state index in [-0.39, 0.29) is 23.3 Å². The molecule has 2 amide bonds. The SMILES string of the molecule is CC(C)(C)[C@@H](N)C(=O)N1CCCC1C(=O)N1CCOCC1. The molecule has 2 rings (SSSR count). The summed E-state index contributed by atoms with van der Waals surface area (Å²) >= 11 is 0. The molecule has 0 bridgehead atoms.